The van der Waals surface area contributed by atoms with E-state index in [1.54, 1.807) is 18.2 Å². The molecule has 0 bridgehead atoms. The van der Waals surface area contributed by atoms with Gasteiger partial charge in [0.25, 0.3) is 5.56 Å². The Balaban J connectivity index is 1.39. The van der Waals surface area contributed by atoms with Gasteiger partial charge in [-0.2, -0.15) is 0 Å². The van der Waals surface area contributed by atoms with Gasteiger partial charge in [-0.05, 0) is 35.9 Å². The van der Waals surface area contributed by atoms with Gasteiger partial charge in [0.15, 0.2) is 0 Å². The van der Waals surface area contributed by atoms with E-state index in [1.165, 1.54) is 16.5 Å². The lowest BCUT2D eigenvalue weighted by Crippen LogP contribution is -2.35. The van der Waals surface area contributed by atoms with Crippen molar-refractivity contribution in [2.45, 2.75) is 13.1 Å². The second-order valence-electron chi connectivity index (χ2n) is 6.97. The third kappa shape index (κ3) is 4.82. The van der Waals surface area contributed by atoms with Crippen LogP contribution >= 0.6 is 11.6 Å². The maximum atomic E-state index is 12.5. The highest BCUT2D eigenvalue weighted by atomic mass is 35.5. The molecule has 1 aliphatic rings. The van der Waals surface area contributed by atoms with E-state index in [4.69, 9.17) is 16.3 Å². The second-order valence-corrected chi connectivity index (χ2v) is 7.41. The smallest absolute Gasteiger partial charge is 0.261 e. The van der Waals surface area contributed by atoms with Crippen LogP contribution < -0.4 is 10.9 Å². The molecular formula is C21H21ClN4O3. The number of morpholine rings is 1. The number of halogens is 1. The summed E-state index contributed by atoms with van der Waals surface area (Å²) in [4.78, 5) is 31.5. The Morgan fingerprint density at radius 1 is 1.14 bits per heavy atom. The molecule has 1 aliphatic heterocycles. The van der Waals surface area contributed by atoms with Crippen molar-refractivity contribution in [2.24, 2.45) is 0 Å². The first-order chi connectivity index (χ1) is 14.1. The summed E-state index contributed by atoms with van der Waals surface area (Å²) >= 11 is 5.93. The van der Waals surface area contributed by atoms with E-state index in [1.807, 2.05) is 24.3 Å². The summed E-state index contributed by atoms with van der Waals surface area (Å²) in [7, 11) is 0. The number of carbonyl (C=O) groups is 1. The number of rotatable bonds is 5. The zero-order valence-electron chi connectivity index (χ0n) is 15.8. The molecule has 150 valence electrons. The largest absolute Gasteiger partial charge is 0.379 e. The average molecular weight is 413 g/mol. The van der Waals surface area contributed by atoms with Gasteiger partial charge < -0.3 is 10.1 Å². The third-order valence-electron chi connectivity index (χ3n) is 4.85. The molecule has 3 aromatic rings. The highest BCUT2D eigenvalue weighted by molar-refractivity contribution is 6.31. The summed E-state index contributed by atoms with van der Waals surface area (Å²) in [6, 6.07) is 12.6. The molecule has 2 aromatic carbocycles. The number of hydrogen-bond donors (Lipinski definition) is 1. The molecule has 1 N–H and O–H groups in total. The number of nitrogens with one attached hydrogen (secondary N) is 1. The summed E-state index contributed by atoms with van der Waals surface area (Å²) in [5.41, 5.74) is 2.10. The second kappa shape index (κ2) is 8.73. The van der Waals surface area contributed by atoms with Gasteiger partial charge in [0.1, 0.15) is 6.54 Å². The molecule has 29 heavy (non-hydrogen) atoms. The van der Waals surface area contributed by atoms with Crippen LogP contribution in [0.5, 0.6) is 0 Å². The average Bonchev–Trinajstić information content (AvgIpc) is 2.72. The number of nitrogens with zero attached hydrogens (tertiary/aromatic N) is 3. The molecule has 7 nitrogen and oxygen atoms in total. The van der Waals surface area contributed by atoms with Crippen LogP contribution in [0.1, 0.15) is 5.56 Å². The summed E-state index contributed by atoms with van der Waals surface area (Å²) in [5, 5.41) is 3.76. The van der Waals surface area contributed by atoms with Crippen LogP contribution in [0.2, 0.25) is 5.02 Å². The highest BCUT2D eigenvalue weighted by Gasteiger charge is 2.11. The Labute approximate surface area is 172 Å². The van der Waals surface area contributed by atoms with Gasteiger partial charge in [-0.25, -0.2) is 4.98 Å². The number of fused-ring (bicyclic) bond motifs is 1. The number of anilines is 1. The van der Waals surface area contributed by atoms with Crippen molar-refractivity contribution in [2.75, 3.05) is 31.6 Å². The van der Waals surface area contributed by atoms with Gasteiger partial charge in [0.05, 0.1) is 30.4 Å². The van der Waals surface area contributed by atoms with Gasteiger partial charge in [0.2, 0.25) is 5.91 Å². The van der Waals surface area contributed by atoms with E-state index in [9.17, 15) is 9.59 Å². The number of carbonyl (C=O) groups excluding carboxylic acids is 1. The normalized spacial score (nSPS) is 14.8. The van der Waals surface area contributed by atoms with Crippen LogP contribution in [0.3, 0.4) is 0 Å². The van der Waals surface area contributed by atoms with Crippen LogP contribution in [-0.4, -0.2) is 46.7 Å². The van der Waals surface area contributed by atoms with Crippen molar-refractivity contribution in [1.82, 2.24) is 14.5 Å². The molecule has 1 aromatic heterocycles. The van der Waals surface area contributed by atoms with Crippen molar-refractivity contribution < 1.29 is 9.53 Å². The molecule has 4 rings (SSSR count). The Kier molecular flexibility index (Phi) is 5.89. The van der Waals surface area contributed by atoms with Gasteiger partial charge in [-0.15, -0.1) is 0 Å². The molecule has 8 heteroatoms. The lowest BCUT2D eigenvalue weighted by Gasteiger charge is -2.26. The van der Waals surface area contributed by atoms with Crippen LogP contribution in [-0.2, 0) is 22.6 Å². The molecular weight excluding hydrogens is 392 g/mol. The van der Waals surface area contributed by atoms with Crippen molar-refractivity contribution >= 4 is 34.1 Å². The Bertz CT molecular complexity index is 1080. The van der Waals surface area contributed by atoms with E-state index in [0.717, 1.165) is 32.8 Å². The van der Waals surface area contributed by atoms with Gasteiger partial charge in [-0.3, -0.25) is 19.1 Å². The van der Waals surface area contributed by atoms with Crippen molar-refractivity contribution in [3.8, 4) is 0 Å². The molecule has 1 fully saturated rings. The fourth-order valence-corrected chi connectivity index (χ4v) is 3.48. The van der Waals surface area contributed by atoms with Crippen LogP contribution in [0.25, 0.3) is 10.9 Å². The summed E-state index contributed by atoms with van der Waals surface area (Å²) in [6.07, 6.45) is 1.37. The zero-order valence-corrected chi connectivity index (χ0v) is 16.6. The first-order valence-electron chi connectivity index (χ1n) is 9.42. The summed E-state index contributed by atoms with van der Waals surface area (Å²) in [5.74, 6) is -0.289. The minimum absolute atomic E-state index is 0.111. The molecule has 0 spiro atoms. The number of ether oxygens (including phenoxy) is 1. The van der Waals surface area contributed by atoms with Crippen LogP contribution in [0.15, 0.2) is 53.6 Å². The van der Waals surface area contributed by atoms with E-state index in [2.05, 4.69) is 15.2 Å². The molecule has 0 unspecified atom stereocenters. The van der Waals surface area contributed by atoms with Gasteiger partial charge >= 0.3 is 0 Å². The van der Waals surface area contributed by atoms with Crippen LogP contribution in [0, 0.1) is 0 Å². The predicted molar refractivity (Wildman–Crippen MR) is 112 cm³/mol. The van der Waals surface area contributed by atoms with Crippen LogP contribution in [0.4, 0.5) is 5.69 Å². The van der Waals surface area contributed by atoms with E-state index >= 15 is 0 Å². The van der Waals surface area contributed by atoms with Gasteiger partial charge in [0, 0.05) is 30.3 Å². The number of benzene rings is 2. The number of amides is 1. The number of hydrogen-bond acceptors (Lipinski definition) is 5. The Morgan fingerprint density at radius 2 is 1.90 bits per heavy atom. The molecule has 1 saturated heterocycles. The monoisotopic (exact) mass is 412 g/mol. The zero-order chi connectivity index (χ0) is 20.2. The highest BCUT2D eigenvalue weighted by Crippen LogP contribution is 2.15. The topological polar surface area (TPSA) is 76.5 Å². The van der Waals surface area contributed by atoms with E-state index in [0.29, 0.717) is 21.6 Å². The van der Waals surface area contributed by atoms with Crippen molar-refractivity contribution in [3.05, 3.63) is 69.7 Å². The lowest BCUT2D eigenvalue weighted by molar-refractivity contribution is -0.116. The molecule has 1 amide bonds. The SMILES string of the molecule is O=C(Cn1cnc2cc(Cl)ccc2c1=O)Nc1ccc(CN2CCOCC2)cc1. The van der Waals surface area contributed by atoms with Crippen molar-refractivity contribution in [3.63, 3.8) is 0 Å². The Morgan fingerprint density at radius 3 is 2.66 bits per heavy atom. The van der Waals surface area contributed by atoms with Gasteiger partial charge in [-0.1, -0.05) is 23.7 Å². The maximum Gasteiger partial charge on any atom is 0.261 e. The van der Waals surface area contributed by atoms with E-state index in [-0.39, 0.29) is 18.0 Å². The fourth-order valence-electron chi connectivity index (χ4n) is 3.31. The Hall–Kier alpha value is -2.74. The molecule has 0 aliphatic carbocycles. The van der Waals surface area contributed by atoms with E-state index < -0.39 is 0 Å². The quantitative estimate of drug-likeness (QED) is 0.696. The molecule has 2 heterocycles. The predicted octanol–water partition coefficient (Wildman–Crippen LogP) is 2.52. The first kappa shape index (κ1) is 19.6. The standard InChI is InChI=1S/C21H21ClN4O3/c22-16-3-6-18-19(11-16)23-14-26(21(18)28)13-20(27)24-17-4-1-15(2-5-17)12-25-7-9-29-10-8-25/h1-6,11,14H,7-10,12-13H2,(H,24,27). The molecule has 0 atom stereocenters. The lowest BCUT2D eigenvalue weighted by atomic mass is 10.2. The minimum Gasteiger partial charge on any atom is -0.379 e. The summed E-state index contributed by atoms with van der Waals surface area (Å²) in [6.45, 7) is 4.15. The summed E-state index contributed by atoms with van der Waals surface area (Å²) < 4.78 is 6.65. The maximum absolute atomic E-state index is 12.5. The molecule has 0 radical (unpaired) electrons. The minimum atomic E-state index is -0.289. The fraction of sp³-hybridized carbons (Fsp3) is 0.286. The number of aromatic nitrogens is 2. The van der Waals surface area contributed by atoms with Crippen molar-refractivity contribution in [1.29, 1.82) is 0 Å². The third-order valence-corrected chi connectivity index (χ3v) is 5.08. The first-order valence-corrected chi connectivity index (χ1v) is 9.80. The molecule has 0 saturated carbocycles.